The third-order valence-corrected chi connectivity index (χ3v) is 4.77. The number of carbonyl (C=O) groups excluding carboxylic acids is 1. The molecule has 0 aliphatic carbocycles. The molecule has 0 fully saturated rings. The Hall–Kier alpha value is -2.81. The average molecular weight is 426 g/mol. The normalized spacial score (nSPS) is 11.7. The summed E-state index contributed by atoms with van der Waals surface area (Å²) in [6, 6.07) is 7.96. The number of aryl methyl sites for hydroxylation is 1. The summed E-state index contributed by atoms with van der Waals surface area (Å²) in [6.07, 6.45) is -4.67. The van der Waals surface area contributed by atoms with E-state index in [1.807, 2.05) is 26.0 Å². The Morgan fingerprint density at radius 1 is 1.21 bits per heavy atom. The molecule has 0 bridgehead atoms. The van der Waals surface area contributed by atoms with Gasteiger partial charge in [-0.2, -0.15) is 18.3 Å². The first kappa shape index (κ1) is 20.9. The lowest BCUT2D eigenvalue weighted by Gasteiger charge is -2.21. The average Bonchev–Trinajstić information content (AvgIpc) is 2.99. The van der Waals surface area contributed by atoms with Crippen molar-refractivity contribution < 1.29 is 18.0 Å². The molecule has 0 aliphatic heterocycles. The Labute approximate surface area is 170 Å². The van der Waals surface area contributed by atoms with Gasteiger partial charge in [-0.3, -0.25) is 4.79 Å². The SMILES string of the molecule is CCN(CC)c1ccc(NC(=O)c2nn3c(C(F)(F)F)cc(C)nc3c2Cl)cc1. The van der Waals surface area contributed by atoms with Gasteiger partial charge < -0.3 is 10.2 Å². The van der Waals surface area contributed by atoms with Crippen LogP contribution in [0.25, 0.3) is 5.65 Å². The number of hydrogen-bond donors (Lipinski definition) is 1. The third kappa shape index (κ3) is 4.14. The molecule has 154 valence electrons. The predicted octanol–water partition coefficient (Wildman–Crippen LogP) is 4.81. The van der Waals surface area contributed by atoms with E-state index in [0.29, 0.717) is 10.2 Å². The number of alkyl halides is 3. The number of aromatic nitrogens is 3. The zero-order valence-corrected chi connectivity index (χ0v) is 16.8. The molecule has 1 aromatic carbocycles. The lowest BCUT2D eigenvalue weighted by atomic mass is 10.2. The fourth-order valence-electron chi connectivity index (χ4n) is 2.99. The highest BCUT2D eigenvalue weighted by atomic mass is 35.5. The lowest BCUT2D eigenvalue weighted by molar-refractivity contribution is -0.142. The highest BCUT2D eigenvalue weighted by molar-refractivity contribution is 6.37. The quantitative estimate of drug-likeness (QED) is 0.637. The van der Waals surface area contributed by atoms with E-state index in [1.54, 1.807) is 12.1 Å². The third-order valence-electron chi connectivity index (χ3n) is 4.42. The minimum absolute atomic E-state index is 0.116. The van der Waals surface area contributed by atoms with Gasteiger partial charge in [-0.05, 0) is 51.1 Å². The molecule has 0 radical (unpaired) electrons. The van der Waals surface area contributed by atoms with Crippen molar-refractivity contribution in [2.75, 3.05) is 23.3 Å². The van der Waals surface area contributed by atoms with Gasteiger partial charge in [0.1, 0.15) is 10.7 Å². The van der Waals surface area contributed by atoms with Crippen molar-refractivity contribution in [1.82, 2.24) is 14.6 Å². The Balaban J connectivity index is 1.93. The largest absolute Gasteiger partial charge is 0.433 e. The Bertz CT molecular complexity index is 1040. The predicted molar refractivity (Wildman–Crippen MR) is 106 cm³/mol. The van der Waals surface area contributed by atoms with E-state index in [2.05, 4.69) is 20.3 Å². The number of anilines is 2. The molecule has 3 aromatic rings. The highest BCUT2D eigenvalue weighted by Crippen LogP contribution is 2.32. The van der Waals surface area contributed by atoms with Crippen LogP contribution in [0.4, 0.5) is 24.5 Å². The maximum atomic E-state index is 13.3. The van der Waals surface area contributed by atoms with Crippen LogP contribution in [0.15, 0.2) is 30.3 Å². The van der Waals surface area contributed by atoms with Crippen LogP contribution in [0.1, 0.15) is 35.7 Å². The summed E-state index contributed by atoms with van der Waals surface area (Å²) in [4.78, 5) is 18.7. The van der Waals surface area contributed by atoms with E-state index in [4.69, 9.17) is 11.6 Å². The van der Waals surface area contributed by atoms with Crippen molar-refractivity contribution in [2.45, 2.75) is 26.9 Å². The second kappa shape index (κ2) is 7.90. The first-order valence-corrected chi connectivity index (χ1v) is 9.33. The first-order valence-electron chi connectivity index (χ1n) is 8.95. The second-order valence-electron chi connectivity index (χ2n) is 6.35. The van der Waals surface area contributed by atoms with E-state index in [9.17, 15) is 18.0 Å². The van der Waals surface area contributed by atoms with Crippen molar-refractivity contribution in [3.8, 4) is 0 Å². The van der Waals surface area contributed by atoms with Crippen LogP contribution >= 0.6 is 11.6 Å². The first-order chi connectivity index (χ1) is 13.7. The van der Waals surface area contributed by atoms with Crippen LogP contribution in [0.2, 0.25) is 5.02 Å². The zero-order valence-electron chi connectivity index (χ0n) is 16.0. The van der Waals surface area contributed by atoms with Crippen molar-refractivity contribution in [2.24, 2.45) is 0 Å². The molecule has 0 aliphatic rings. The molecule has 0 saturated heterocycles. The monoisotopic (exact) mass is 425 g/mol. The molecule has 0 atom stereocenters. The molecule has 2 aromatic heterocycles. The molecule has 2 heterocycles. The molecule has 0 spiro atoms. The molecule has 6 nitrogen and oxygen atoms in total. The highest BCUT2D eigenvalue weighted by Gasteiger charge is 2.36. The van der Waals surface area contributed by atoms with Crippen LogP contribution in [0.3, 0.4) is 0 Å². The van der Waals surface area contributed by atoms with E-state index in [-0.39, 0.29) is 22.1 Å². The van der Waals surface area contributed by atoms with Crippen LogP contribution in [-0.2, 0) is 6.18 Å². The number of amides is 1. The Morgan fingerprint density at radius 2 is 1.83 bits per heavy atom. The molecule has 0 unspecified atom stereocenters. The summed E-state index contributed by atoms with van der Waals surface area (Å²) >= 11 is 6.14. The van der Waals surface area contributed by atoms with Crippen LogP contribution in [0.5, 0.6) is 0 Å². The van der Waals surface area contributed by atoms with Gasteiger partial charge >= 0.3 is 6.18 Å². The van der Waals surface area contributed by atoms with E-state index >= 15 is 0 Å². The van der Waals surface area contributed by atoms with Crippen LogP contribution in [0, 0.1) is 6.92 Å². The number of rotatable bonds is 5. The molecule has 3 rings (SSSR count). The molecule has 1 N–H and O–H groups in total. The smallest absolute Gasteiger partial charge is 0.372 e. The van der Waals surface area contributed by atoms with E-state index in [0.717, 1.165) is 24.8 Å². The van der Waals surface area contributed by atoms with Gasteiger partial charge in [0.05, 0.1) is 0 Å². The molecular weight excluding hydrogens is 407 g/mol. The van der Waals surface area contributed by atoms with Gasteiger partial charge in [-0.25, -0.2) is 9.50 Å². The second-order valence-corrected chi connectivity index (χ2v) is 6.73. The van der Waals surface area contributed by atoms with Crippen molar-refractivity contribution in [1.29, 1.82) is 0 Å². The minimum Gasteiger partial charge on any atom is -0.372 e. The maximum absolute atomic E-state index is 13.3. The summed E-state index contributed by atoms with van der Waals surface area (Å²) in [7, 11) is 0. The summed E-state index contributed by atoms with van der Waals surface area (Å²) < 4.78 is 40.5. The van der Waals surface area contributed by atoms with Gasteiger partial charge in [0.2, 0.25) is 0 Å². The van der Waals surface area contributed by atoms with E-state index < -0.39 is 17.8 Å². The fraction of sp³-hybridized carbons (Fsp3) is 0.316. The summed E-state index contributed by atoms with van der Waals surface area (Å²) in [5.74, 6) is -0.720. The summed E-state index contributed by atoms with van der Waals surface area (Å²) in [6.45, 7) is 7.17. The van der Waals surface area contributed by atoms with Gasteiger partial charge in [-0.1, -0.05) is 11.6 Å². The number of nitrogens with zero attached hydrogens (tertiary/aromatic N) is 4. The standard InChI is InChI=1S/C19H19ClF3N5O/c1-4-27(5-2)13-8-6-12(7-9-13)25-18(29)16-15(20)17-24-11(3)10-14(19(21,22)23)28(17)26-16/h6-10H,4-5H2,1-3H3,(H,25,29). The summed E-state index contributed by atoms with van der Waals surface area (Å²) in [5.41, 5.74) is -0.0216. The molecule has 29 heavy (non-hydrogen) atoms. The Kier molecular flexibility index (Phi) is 5.70. The number of nitrogens with one attached hydrogen (secondary N) is 1. The van der Waals surface area contributed by atoms with Gasteiger partial charge in [0.15, 0.2) is 11.3 Å². The number of fused-ring (bicyclic) bond motifs is 1. The van der Waals surface area contributed by atoms with Crippen LogP contribution in [-0.4, -0.2) is 33.6 Å². The Morgan fingerprint density at radius 3 is 2.38 bits per heavy atom. The maximum Gasteiger partial charge on any atom is 0.433 e. The van der Waals surface area contributed by atoms with Gasteiger partial charge in [0, 0.05) is 30.2 Å². The zero-order chi connectivity index (χ0) is 21.3. The van der Waals surface area contributed by atoms with Crippen molar-refractivity contribution >= 4 is 34.5 Å². The fourth-order valence-corrected chi connectivity index (χ4v) is 3.24. The molecule has 10 heteroatoms. The number of hydrogen-bond acceptors (Lipinski definition) is 4. The van der Waals surface area contributed by atoms with Gasteiger partial charge in [-0.15, -0.1) is 0 Å². The van der Waals surface area contributed by atoms with Crippen molar-refractivity contribution in [3.63, 3.8) is 0 Å². The van der Waals surface area contributed by atoms with Gasteiger partial charge in [0.25, 0.3) is 5.91 Å². The number of benzene rings is 1. The van der Waals surface area contributed by atoms with Crippen LogP contribution < -0.4 is 10.2 Å². The summed E-state index contributed by atoms with van der Waals surface area (Å²) in [5, 5.41) is 6.14. The molecule has 0 saturated carbocycles. The molecule has 1 amide bonds. The molecular formula is C19H19ClF3N5O. The van der Waals surface area contributed by atoms with E-state index in [1.165, 1.54) is 6.92 Å². The van der Waals surface area contributed by atoms with Crippen molar-refractivity contribution in [3.05, 3.63) is 52.4 Å². The lowest BCUT2D eigenvalue weighted by Crippen LogP contribution is -2.21. The number of halogens is 4. The topological polar surface area (TPSA) is 62.5 Å². The minimum atomic E-state index is -4.67. The number of carbonyl (C=O) groups is 1.